The van der Waals surface area contributed by atoms with Gasteiger partial charge in [-0.15, -0.1) is 0 Å². The lowest BCUT2D eigenvalue weighted by Crippen LogP contribution is -2.26. The molecule has 0 saturated carbocycles. The van der Waals surface area contributed by atoms with E-state index in [4.69, 9.17) is 0 Å². The van der Waals surface area contributed by atoms with Crippen molar-refractivity contribution in [2.24, 2.45) is 0 Å². The molecule has 53 heavy (non-hydrogen) atoms. The zero-order chi connectivity index (χ0) is 35.3. The van der Waals surface area contributed by atoms with Crippen LogP contribution >= 0.6 is 0 Å². The number of benzene rings is 8. The topological polar surface area (TPSA) is 3.24 Å². The molecule has 0 fully saturated rings. The molecule has 0 atom stereocenters. The second-order valence-corrected chi connectivity index (χ2v) is 15.2. The molecule has 11 rings (SSSR count). The van der Waals surface area contributed by atoms with Crippen LogP contribution in [-0.4, -0.2) is 0 Å². The molecule has 0 radical (unpaired) electrons. The van der Waals surface area contributed by atoms with Crippen molar-refractivity contribution < 1.29 is 0 Å². The summed E-state index contributed by atoms with van der Waals surface area (Å²) in [5.74, 6) is 0. The van der Waals surface area contributed by atoms with Gasteiger partial charge in [0, 0.05) is 22.4 Å². The number of rotatable bonds is 4. The second kappa shape index (κ2) is 11.0. The standard InChI is InChI=1S/C52H37N/c1-51(2)43-24-10-6-20-38(43)41-31-30-37(33-48(41)51)53(36-19-14-18-35(32-36)34-16-4-3-5-17-34)49-29-15-28-47-50(49)42-23-9-13-27-46(42)52(47)44-25-11-7-21-39(44)40-22-8-12-26-45(40)52/h3-33H,1-2H3. The van der Waals surface area contributed by atoms with E-state index in [0.29, 0.717) is 0 Å². The molecule has 0 aliphatic heterocycles. The Balaban J connectivity index is 1.21. The van der Waals surface area contributed by atoms with Crippen molar-refractivity contribution in [1.82, 2.24) is 0 Å². The fourth-order valence-corrected chi connectivity index (χ4v) is 10.0. The highest BCUT2D eigenvalue weighted by molar-refractivity contribution is 6.01. The van der Waals surface area contributed by atoms with Crippen LogP contribution in [0.5, 0.6) is 0 Å². The van der Waals surface area contributed by atoms with Gasteiger partial charge in [0.2, 0.25) is 0 Å². The van der Waals surface area contributed by atoms with E-state index in [1.807, 2.05) is 0 Å². The molecular formula is C52H37N. The third-order valence-corrected chi connectivity index (χ3v) is 12.3. The van der Waals surface area contributed by atoms with Crippen molar-refractivity contribution in [2.45, 2.75) is 24.7 Å². The van der Waals surface area contributed by atoms with Gasteiger partial charge >= 0.3 is 0 Å². The first-order valence-corrected chi connectivity index (χ1v) is 18.7. The van der Waals surface area contributed by atoms with Gasteiger partial charge in [0.25, 0.3) is 0 Å². The molecule has 0 amide bonds. The van der Waals surface area contributed by atoms with E-state index >= 15 is 0 Å². The van der Waals surface area contributed by atoms with Gasteiger partial charge in [-0.1, -0.05) is 172 Å². The highest BCUT2D eigenvalue weighted by Gasteiger charge is 2.52. The van der Waals surface area contributed by atoms with E-state index in [0.717, 1.165) is 11.4 Å². The Morgan fingerprint density at radius 2 is 0.830 bits per heavy atom. The van der Waals surface area contributed by atoms with E-state index < -0.39 is 5.41 Å². The van der Waals surface area contributed by atoms with Crippen molar-refractivity contribution >= 4 is 17.1 Å². The molecule has 250 valence electrons. The van der Waals surface area contributed by atoms with Crippen LogP contribution in [0.15, 0.2) is 188 Å². The number of hydrogen-bond donors (Lipinski definition) is 0. The Hall–Kier alpha value is -6.44. The van der Waals surface area contributed by atoms with Crippen molar-refractivity contribution in [1.29, 1.82) is 0 Å². The zero-order valence-electron chi connectivity index (χ0n) is 29.8. The number of fused-ring (bicyclic) bond motifs is 13. The maximum absolute atomic E-state index is 2.52. The maximum atomic E-state index is 2.52. The summed E-state index contributed by atoms with van der Waals surface area (Å²) in [6, 6.07) is 70.1. The first kappa shape index (κ1) is 30.2. The number of anilines is 3. The highest BCUT2D eigenvalue weighted by atomic mass is 15.1. The van der Waals surface area contributed by atoms with Crippen LogP contribution in [0.3, 0.4) is 0 Å². The van der Waals surface area contributed by atoms with Crippen LogP contribution in [0.2, 0.25) is 0 Å². The molecule has 8 aromatic rings. The van der Waals surface area contributed by atoms with Crippen LogP contribution in [0.25, 0.3) is 44.5 Å². The first-order valence-electron chi connectivity index (χ1n) is 18.7. The summed E-state index contributed by atoms with van der Waals surface area (Å²) in [7, 11) is 0. The highest BCUT2D eigenvalue weighted by Crippen LogP contribution is 2.64. The fourth-order valence-electron chi connectivity index (χ4n) is 10.0. The van der Waals surface area contributed by atoms with Gasteiger partial charge < -0.3 is 4.90 Å². The predicted octanol–water partition coefficient (Wildman–Crippen LogP) is 13.5. The van der Waals surface area contributed by atoms with E-state index in [1.165, 1.54) is 83.6 Å². The normalized spacial score (nSPS) is 14.5. The fraction of sp³-hybridized carbons (Fsp3) is 0.0769. The van der Waals surface area contributed by atoms with Crippen molar-refractivity contribution in [3.8, 4) is 44.5 Å². The largest absolute Gasteiger partial charge is 0.310 e. The molecule has 3 aliphatic rings. The lowest BCUT2D eigenvalue weighted by atomic mass is 9.70. The van der Waals surface area contributed by atoms with Gasteiger partial charge in [-0.2, -0.15) is 0 Å². The van der Waals surface area contributed by atoms with Crippen LogP contribution in [-0.2, 0) is 10.8 Å². The molecule has 1 heteroatoms. The van der Waals surface area contributed by atoms with Gasteiger partial charge in [0.05, 0.1) is 11.1 Å². The van der Waals surface area contributed by atoms with Gasteiger partial charge in [0.15, 0.2) is 0 Å². The van der Waals surface area contributed by atoms with Crippen molar-refractivity contribution in [3.05, 3.63) is 221 Å². The molecule has 0 saturated heterocycles. The molecule has 0 N–H and O–H groups in total. The summed E-state index contributed by atoms with van der Waals surface area (Å²) in [5.41, 5.74) is 21.4. The third-order valence-electron chi connectivity index (χ3n) is 12.3. The average Bonchev–Trinajstić information content (AvgIpc) is 3.78. The van der Waals surface area contributed by atoms with Gasteiger partial charge in [-0.25, -0.2) is 0 Å². The van der Waals surface area contributed by atoms with E-state index in [9.17, 15) is 0 Å². The van der Waals surface area contributed by atoms with E-state index in [2.05, 4.69) is 207 Å². The van der Waals surface area contributed by atoms with Crippen LogP contribution in [0, 0.1) is 0 Å². The smallest absolute Gasteiger partial charge is 0.0726 e. The Labute approximate surface area is 311 Å². The summed E-state index contributed by atoms with van der Waals surface area (Å²) in [5, 5.41) is 0. The number of hydrogen-bond acceptors (Lipinski definition) is 1. The Morgan fingerprint density at radius 1 is 0.340 bits per heavy atom. The summed E-state index contributed by atoms with van der Waals surface area (Å²) in [6.45, 7) is 4.74. The van der Waals surface area contributed by atoms with E-state index in [1.54, 1.807) is 0 Å². The minimum absolute atomic E-state index is 0.119. The van der Waals surface area contributed by atoms with Crippen molar-refractivity contribution in [2.75, 3.05) is 4.90 Å². The average molecular weight is 676 g/mol. The second-order valence-electron chi connectivity index (χ2n) is 15.2. The Bertz CT molecular complexity index is 2720. The van der Waals surface area contributed by atoms with Gasteiger partial charge in [0.1, 0.15) is 0 Å². The van der Waals surface area contributed by atoms with Crippen LogP contribution in [0.1, 0.15) is 47.2 Å². The molecule has 0 aromatic heterocycles. The molecule has 1 nitrogen and oxygen atoms in total. The molecule has 3 aliphatic carbocycles. The molecule has 1 spiro atoms. The molecule has 0 unspecified atom stereocenters. The molecule has 0 bridgehead atoms. The lowest BCUT2D eigenvalue weighted by molar-refractivity contribution is 0.660. The maximum Gasteiger partial charge on any atom is 0.0726 e. The Kier molecular flexibility index (Phi) is 6.29. The monoisotopic (exact) mass is 675 g/mol. The first-order chi connectivity index (χ1) is 26.1. The minimum atomic E-state index is -0.408. The SMILES string of the molecule is CC1(C)c2ccccc2-c2ccc(N(c3cccc(-c4ccccc4)c3)c3cccc4c3-c3ccccc3C43c4ccccc4-c4ccccc43)cc21. The number of nitrogens with zero attached hydrogens (tertiary/aromatic N) is 1. The van der Waals surface area contributed by atoms with Gasteiger partial charge in [-0.05, 0) is 103 Å². The minimum Gasteiger partial charge on any atom is -0.310 e. The van der Waals surface area contributed by atoms with Crippen LogP contribution < -0.4 is 4.90 Å². The summed E-state index contributed by atoms with van der Waals surface area (Å²) < 4.78 is 0. The molecule has 8 aromatic carbocycles. The lowest BCUT2D eigenvalue weighted by Gasteiger charge is -2.32. The molecular weight excluding hydrogens is 639 g/mol. The Morgan fingerprint density at radius 3 is 1.53 bits per heavy atom. The summed E-state index contributed by atoms with van der Waals surface area (Å²) in [6.07, 6.45) is 0. The van der Waals surface area contributed by atoms with Gasteiger partial charge in [-0.3, -0.25) is 0 Å². The quantitative estimate of drug-likeness (QED) is 0.179. The zero-order valence-corrected chi connectivity index (χ0v) is 29.8. The summed E-state index contributed by atoms with van der Waals surface area (Å²) >= 11 is 0. The molecule has 0 heterocycles. The van der Waals surface area contributed by atoms with Crippen molar-refractivity contribution in [3.63, 3.8) is 0 Å². The van der Waals surface area contributed by atoms with Crippen LogP contribution in [0.4, 0.5) is 17.1 Å². The van der Waals surface area contributed by atoms with E-state index in [-0.39, 0.29) is 5.41 Å². The summed E-state index contributed by atoms with van der Waals surface area (Å²) in [4.78, 5) is 2.52. The third kappa shape index (κ3) is 4.02. The predicted molar refractivity (Wildman–Crippen MR) is 220 cm³/mol.